The Hall–Kier alpha value is -0.490. The lowest BCUT2D eigenvalue weighted by molar-refractivity contribution is -0.357. The number of hydrogen-bond acceptors (Lipinski definition) is 17. The van der Waals surface area contributed by atoms with Gasteiger partial charge in [0.25, 0.3) is 0 Å². The molecule has 3 fully saturated rings. The Kier molecular flexibility index (Phi) is 10.6. The maximum absolute atomic E-state index is 11.0. The summed E-state index contributed by atoms with van der Waals surface area (Å²) in [7, 11) is -5.00. The molecule has 0 aromatic heterocycles. The van der Waals surface area contributed by atoms with Crippen LogP contribution in [-0.4, -0.2) is 172 Å². The molecule has 3 aliphatic rings. The second-order valence-corrected chi connectivity index (χ2v) is 10.5. The molecule has 0 spiro atoms. The predicted molar refractivity (Wildman–Crippen MR) is 114 cm³/mol. The standard InChI is InChI=1S/C18H34NO18P/c19-5-7(22)15(36-18-14(29)8(23)6(21)4(35-18)2-33-38(30,31)32)3(1-20)34-17(5)37-16-12(27)10(25)9(24)11(26)13(16)28/h3-18,20-29H,1-2,19H2,(H2,30,31,32)/t3-,4-,5-,6+,7-,8+,9?,10-,11-,12-,13+,14-,15-,16?,17-,18-/m1/s1. The summed E-state index contributed by atoms with van der Waals surface area (Å²) in [6, 6.07) is -1.56. The van der Waals surface area contributed by atoms with Gasteiger partial charge in [-0.1, -0.05) is 0 Å². The van der Waals surface area contributed by atoms with E-state index < -0.39 is 119 Å². The average Bonchev–Trinajstić information content (AvgIpc) is 2.86. The lowest BCUT2D eigenvalue weighted by Crippen LogP contribution is -2.69. The Bertz CT molecular complexity index is 802. The maximum atomic E-state index is 11.0. The highest BCUT2D eigenvalue weighted by molar-refractivity contribution is 7.46. The molecule has 2 aliphatic heterocycles. The van der Waals surface area contributed by atoms with Crippen LogP contribution >= 0.6 is 7.82 Å². The molecule has 38 heavy (non-hydrogen) atoms. The number of aliphatic hydroxyl groups is 10. The van der Waals surface area contributed by atoms with E-state index in [1.54, 1.807) is 0 Å². The lowest BCUT2D eigenvalue weighted by Gasteiger charge is -2.48. The molecule has 0 aromatic rings. The maximum Gasteiger partial charge on any atom is 0.469 e. The minimum Gasteiger partial charge on any atom is -0.394 e. The fourth-order valence-corrected chi connectivity index (χ4v) is 4.72. The Balaban J connectivity index is 1.72. The van der Waals surface area contributed by atoms with E-state index in [2.05, 4.69) is 4.52 Å². The first-order chi connectivity index (χ1) is 17.6. The van der Waals surface area contributed by atoms with Gasteiger partial charge in [0.1, 0.15) is 79.4 Å². The second-order valence-electron chi connectivity index (χ2n) is 9.25. The summed E-state index contributed by atoms with van der Waals surface area (Å²) in [5.74, 6) is 0. The highest BCUT2D eigenvalue weighted by Gasteiger charge is 2.54. The molecule has 2 heterocycles. The van der Waals surface area contributed by atoms with Crippen LogP contribution in [-0.2, 0) is 28.0 Å². The second kappa shape index (κ2) is 12.6. The van der Waals surface area contributed by atoms with Crippen molar-refractivity contribution in [2.45, 2.75) is 98.0 Å². The van der Waals surface area contributed by atoms with E-state index in [4.69, 9.17) is 34.5 Å². The van der Waals surface area contributed by atoms with Crippen LogP contribution in [0, 0.1) is 0 Å². The molecule has 14 N–H and O–H groups in total. The molecular weight excluding hydrogens is 549 g/mol. The smallest absolute Gasteiger partial charge is 0.394 e. The Labute approximate surface area is 214 Å². The highest BCUT2D eigenvalue weighted by atomic mass is 31.2. The lowest BCUT2D eigenvalue weighted by atomic mass is 9.84. The third-order valence-electron chi connectivity index (χ3n) is 6.63. The average molecular weight is 583 g/mol. The number of hydrogen-bond donors (Lipinski definition) is 13. The van der Waals surface area contributed by atoms with Crippen molar-refractivity contribution >= 4 is 7.82 Å². The van der Waals surface area contributed by atoms with Gasteiger partial charge in [-0.3, -0.25) is 4.52 Å². The van der Waals surface area contributed by atoms with Crippen LogP contribution in [0.4, 0.5) is 0 Å². The number of phosphoric ester groups is 1. The molecule has 224 valence electrons. The molecule has 0 aromatic carbocycles. The third kappa shape index (κ3) is 6.69. The van der Waals surface area contributed by atoms with Gasteiger partial charge < -0.3 is 85.5 Å². The van der Waals surface area contributed by atoms with Gasteiger partial charge in [-0.15, -0.1) is 0 Å². The molecule has 20 heteroatoms. The molecule has 19 nitrogen and oxygen atoms in total. The monoisotopic (exact) mass is 583 g/mol. The Morgan fingerprint density at radius 1 is 0.632 bits per heavy atom. The van der Waals surface area contributed by atoms with Crippen molar-refractivity contribution in [3.63, 3.8) is 0 Å². The highest BCUT2D eigenvalue weighted by Crippen LogP contribution is 2.37. The minimum atomic E-state index is -5.00. The fraction of sp³-hybridized carbons (Fsp3) is 1.00. The molecule has 2 saturated heterocycles. The summed E-state index contributed by atoms with van der Waals surface area (Å²) in [6.45, 7) is -1.82. The molecule has 1 saturated carbocycles. The van der Waals surface area contributed by atoms with Gasteiger partial charge in [0.05, 0.1) is 19.3 Å². The van der Waals surface area contributed by atoms with E-state index in [0.29, 0.717) is 0 Å². The van der Waals surface area contributed by atoms with Gasteiger partial charge in [-0.05, 0) is 0 Å². The van der Waals surface area contributed by atoms with E-state index in [1.807, 2.05) is 0 Å². The van der Waals surface area contributed by atoms with Crippen LogP contribution in [0.3, 0.4) is 0 Å². The zero-order chi connectivity index (χ0) is 28.7. The van der Waals surface area contributed by atoms with Crippen LogP contribution in [0.15, 0.2) is 0 Å². The van der Waals surface area contributed by atoms with Crippen LogP contribution in [0.5, 0.6) is 0 Å². The van der Waals surface area contributed by atoms with Crippen molar-refractivity contribution in [2.75, 3.05) is 13.2 Å². The first-order valence-electron chi connectivity index (χ1n) is 11.4. The van der Waals surface area contributed by atoms with Crippen molar-refractivity contribution in [1.29, 1.82) is 0 Å². The molecule has 0 bridgehead atoms. The molecule has 2 unspecified atom stereocenters. The van der Waals surface area contributed by atoms with Gasteiger partial charge in [0.2, 0.25) is 0 Å². The predicted octanol–water partition coefficient (Wildman–Crippen LogP) is -8.10. The van der Waals surface area contributed by atoms with Gasteiger partial charge in [0, 0.05) is 0 Å². The Morgan fingerprint density at radius 3 is 1.63 bits per heavy atom. The fourth-order valence-electron chi connectivity index (χ4n) is 4.38. The van der Waals surface area contributed by atoms with Crippen molar-refractivity contribution in [1.82, 2.24) is 0 Å². The van der Waals surface area contributed by atoms with E-state index in [9.17, 15) is 55.6 Å². The first-order valence-corrected chi connectivity index (χ1v) is 12.9. The third-order valence-corrected chi connectivity index (χ3v) is 7.12. The number of aliphatic hydroxyl groups excluding tert-OH is 10. The van der Waals surface area contributed by atoms with Gasteiger partial charge in [-0.2, -0.15) is 0 Å². The van der Waals surface area contributed by atoms with Gasteiger partial charge in [-0.25, -0.2) is 4.57 Å². The summed E-state index contributed by atoms with van der Waals surface area (Å²) in [5.41, 5.74) is 5.95. The van der Waals surface area contributed by atoms with Crippen LogP contribution in [0.1, 0.15) is 0 Å². The Morgan fingerprint density at radius 2 is 1.11 bits per heavy atom. The zero-order valence-electron chi connectivity index (χ0n) is 19.5. The van der Waals surface area contributed by atoms with Crippen LogP contribution < -0.4 is 5.73 Å². The first kappa shape index (κ1) is 32.0. The van der Waals surface area contributed by atoms with Gasteiger partial charge in [0.15, 0.2) is 12.6 Å². The summed E-state index contributed by atoms with van der Waals surface area (Å²) < 4.78 is 36.8. The van der Waals surface area contributed by atoms with Crippen LogP contribution in [0.25, 0.3) is 0 Å². The molecule has 1 aliphatic carbocycles. The molecule has 0 radical (unpaired) electrons. The molecule has 16 atom stereocenters. The summed E-state index contributed by atoms with van der Waals surface area (Å²) in [4.78, 5) is 17.7. The number of nitrogens with two attached hydrogens (primary N) is 1. The quantitative estimate of drug-likeness (QED) is 0.118. The normalized spacial score (nSPS) is 50.7. The topological polar surface area (TPSA) is 332 Å². The number of rotatable bonds is 8. The van der Waals surface area contributed by atoms with Crippen molar-refractivity contribution in [3.8, 4) is 0 Å². The van der Waals surface area contributed by atoms with Crippen LogP contribution in [0.2, 0.25) is 0 Å². The van der Waals surface area contributed by atoms with E-state index >= 15 is 0 Å². The van der Waals surface area contributed by atoms with E-state index in [-0.39, 0.29) is 0 Å². The molecule has 3 rings (SSSR count). The summed E-state index contributed by atoms with van der Waals surface area (Å²) >= 11 is 0. The number of phosphoric acid groups is 1. The van der Waals surface area contributed by atoms with E-state index in [0.717, 1.165) is 0 Å². The number of ether oxygens (including phenoxy) is 4. The molecular formula is C18H34NO18P. The minimum absolute atomic E-state index is 0.882. The SMILES string of the molecule is N[C@H]1[C@@H](OC2[C@@H](O)[C@H](O)C(O)[C@@H](O)[C@H]2O)O[C@H](CO)[C@@H](O[C@H]2O[C@H](COP(=O)(O)O)[C@H](O)[C@H](O)[C@H]2O)[C@@H]1O. The van der Waals surface area contributed by atoms with Gasteiger partial charge >= 0.3 is 7.82 Å². The zero-order valence-corrected chi connectivity index (χ0v) is 20.4. The molecule has 0 amide bonds. The largest absolute Gasteiger partial charge is 0.469 e. The van der Waals surface area contributed by atoms with Crippen molar-refractivity contribution in [3.05, 3.63) is 0 Å². The van der Waals surface area contributed by atoms with Crippen molar-refractivity contribution < 1.29 is 88.9 Å². The summed E-state index contributed by atoms with van der Waals surface area (Å²) in [5, 5.41) is 101. The van der Waals surface area contributed by atoms with Crippen molar-refractivity contribution in [2.24, 2.45) is 5.73 Å². The van der Waals surface area contributed by atoms with E-state index in [1.165, 1.54) is 0 Å². The summed E-state index contributed by atoms with van der Waals surface area (Å²) in [6.07, 6.45) is -27.3.